The Morgan fingerprint density at radius 2 is 0.877 bits per heavy atom. The highest BCUT2D eigenvalue weighted by Gasteiger charge is 2.22. The summed E-state index contributed by atoms with van der Waals surface area (Å²) in [5, 5.41) is 9.71. The highest BCUT2D eigenvalue weighted by Crippen LogP contribution is 2.47. The van der Waals surface area contributed by atoms with Crippen LogP contribution in [0.5, 0.6) is 0 Å². The summed E-state index contributed by atoms with van der Waals surface area (Å²) >= 11 is 0. The van der Waals surface area contributed by atoms with Crippen LogP contribution in [0.15, 0.2) is 247 Å². The van der Waals surface area contributed by atoms with E-state index >= 15 is 0 Å². The fourth-order valence-electron chi connectivity index (χ4n) is 10.3. The number of furan rings is 1. The Balaban J connectivity index is 1.04. The first-order valence-electron chi connectivity index (χ1n) is 22.3. The molecule has 3 nitrogen and oxygen atoms in total. The lowest BCUT2D eigenvalue weighted by Crippen LogP contribution is -2.10. The Kier molecular flexibility index (Phi) is 8.53. The molecule has 2 heterocycles. The van der Waals surface area contributed by atoms with E-state index in [4.69, 9.17) is 4.42 Å². The summed E-state index contributed by atoms with van der Waals surface area (Å²) in [4.78, 5) is 2.38. The SMILES string of the molecule is c1ccc(N(c2ccc(-c3cc4ccccc4c4ccccc34)cc2)c2ccc(-c3ccccc3-n3c4ccccc4c4ccccc43)c(-c3cccc4oc5ccccc5c34)c2)cc1. The fourth-order valence-corrected chi connectivity index (χ4v) is 10.3. The van der Waals surface area contributed by atoms with E-state index in [9.17, 15) is 0 Å². The van der Waals surface area contributed by atoms with Gasteiger partial charge in [0, 0.05) is 44.2 Å². The summed E-state index contributed by atoms with van der Waals surface area (Å²) in [5.41, 5.74) is 15.4. The van der Waals surface area contributed by atoms with Crippen molar-refractivity contribution in [3.8, 4) is 39.1 Å². The Morgan fingerprint density at radius 3 is 1.66 bits per heavy atom. The molecule has 0 spiro atoms. The predicted molar refractivity (Wildman–Crippen MR) is 274 cm³/mol. The minimum Gasteiger partial charge on any atom is -0.456 e. The van der Waals surface area contributed by atoms with Crippen molar-refractivity contribution >= 4 is 82.4 Å². The monoisotopic (exact) mass is 828 g/mol. The number of hydrogen-bond acceptors (Lipinski definition) is 2. The molecule has 0 N–H and O–H groups in total. The van der Waals surface area contributed by atoms with Crippen molar-refractivity contribution in [2.75, 3.05) is 4.90 Å². The zero-order chi connectivity index (χ0) is 42.8. The minimum absolute atomic E-state index is 0.868. The molecule has 65 heavy (non-hydrogen) atoms. The molecule has 0 amide bonds. The van der Waals surface area contributed by atoms with Crippen LogP contribution in [0.1, 0.15) is 0 Å². The summed E-state index contributed by atoms with van der Waals surface area (Å²) in [6.07, 6.45) is 0. The predicted octanol–water partition coefficient (Wildman–Crippen LogP) is 17.5. The molecule has 0 saturated carbocycles. The molecule has 0 atom stereocenters. The smallest absolute Gasteiger partial charge is 0.136 e. The van der Waals surface area contributed by atoms with Gasteiger partial charge in [0.25, 0.3) is 0 Å². The number of benzene rings is 11. The van der Waals surface area contributed by atoms with E-state index in [1.165, 1.54) is 54.5 Å². The van der Waals surface area contributed by atoms with Crippen LogP contribution in [0.3, 0.4) is 0 Å². The molecule has 0 aliphatic rings. The molecule has 3 heteroatoms. The zero-order valence-corrected chi connectivity index (χ0v) is 35.4. The molecular weight excluding hydrogens is 789 g/mol. The molecule has 0 radical (unpaired) electrons. The van der Waals surface area contributed by atoms with Gasteiger partial charge in [0.15, 0.2) is 0 Å². The van der Waals surface area contributed by atoms with Crippen molar-refractivity contribution in [3.05, 3.63) is 243 Å². The number of nitrogens with zero attached hydrogens (tertiary/aromatic N) is 2. The topological polar surface area (TPSA) is 21.3 Å². The molecule has 0 aliphatic carbocycles. The minimum atomic E-state index is 0.868. The van der Waals surface area contributed by atoms with Gasteiger partial charge < -0.3 is 13.9 Å². The molecule has 13 aromatic rings. The second kappa shape index (κ2) is 15.0. The van der Waals surface area contributed by atoms with Crippen LogP contribution in [0.25, 0.3) is 104 Å². The summed E-state index contributed by atoms with van der Waals surface area (Å²) in [5.74, 6) is 0. The molecule has 2 aromatic heterocycles. The van der Waals surface area contributed by atoms with Gasteiger partial charge in [-0.05, 0) is 122 Å². The van der Waals surface area contributed by atoms with E-state index in [1.54, 1.807) is 0 Å². The molecule has 304 valence electrons. The molecule has 13 rings (SSSR count). The summed E-state index contributed by atoms with van der Waals surface area (Å²) in [7, 11) is 0. The normalized spacial score (nSPS) is 11.7. The first-order valence-corrected chi connectivity index (χ1v) is 22.3. The third-order valence-electron chi connectivity index (χ3n) is 13.2. The van der Waals surface area contributed by atoms with Gasteiger partial charge in [-0.1, -0.05) is 170 Å². The van der Waals surface area contributed by atoms with Crippen molar-refractivity contribution in [2.45, 2.75) is 0 Å². The Hall–Kier alpha value is -8.66. The number of hydrogen-bond donors (Lipinski definition) is 0. The lowest BCUT2D eigenvalue weighted by molar-refractivity contribution is 0.669. The first kappa shape index (κ1) is 36.9. The highest BCUT2D eigenvalue weighted by atomic mass is 16.3. The quantitative estimate of drug-likeness (QED) is 0.149. The molecule has 0 unspecified atom stereocenters. The van der Waals surface area contributed by atoms with Gasteiger partial charge in [0.05, 0.1) is 16.7 Å². The van der Waals surface area contributed by atoms with E-state index in [2.05, 4.69) is 246 Å². The third kappa shape index (κ3) is 5.97. The summed E-state index contributed by atoms with van der Waals surface area (Å²) in [6, 6.07) is 87.8. The maximum atomic E-state index is 6.54. The standard InChI is InChI=1S/C62H40N2O/c1-2-18-43(19-3-1)63(44-35-33-41(34-36-44)55-39-42-17-4-5-20-46(42)47-21-6-7-22-48(47)55)45-37-38-49(56(40-45)53-27-16-32-61-62(53)54-26-11-15-31-60(54)65-61)50-23-8-12-28-57(50)64-58-29-13-9-24-51(58)52-25-10-14-30-59(52)64/h1-40H. The van der Waals surface area contributed by atoms with Crippen LogP contribution in [-0.2, 0) is 0 Å². The van der Waals surface area contributed by atoms with Crippen molar-refractivity contribution in [1.82, 2.24) is 4.57 Å². The van der Waals surface area contributed by atoms with E-state index in [1.807, 2.05) is 6.07 Å². The molecule has 0 saturated heterocycles. The maximum absolute atomic E-state index is 6.54. The highest BCUT2D eigenvalue weighted by molar-refractivity contribution is 6.16. The Bertz CT molecular complexity index is 3900. The molecule has 11 aromatic carbocycles. The number of para-hydroxylation sites is 5. The summed E-state index contributed by atoms with van der Waals surface area (Å²) in [6.45, 7) is 0. The second-order valence-corrected chi connectivity index (χ2v) is 16.8. The summed E-state index contributed by atoms with van der Waals surface area (Å²) < 4.78 is 8.97. The zero-order valence-electron chi connectivity index (χ0n) is 35.4. The lowest BCUT2D eigenvalue weighted by Gasteiger charge is -2.27. The number of aromatic nitrogens is 1. The van der Waals surface area contributed by atoms with E-state index in [0.29, 0.717) is 0 Å². The van der Waals surface area contributed by atoms with Gasteiger partial charge in [-0.15, -0.1) is 0 Å². The number of fused-ring (bicyclic) bond motifs is 9. The lowest BCUT2D eigenvalue weighted by atomic mass is 9.90. The van der Waals surface area contributed by atoms with E-state index < -0.39 is 0 Å². The van der Waals surface area contributed by atoms with Crippen LogP contribution >= 0.6 is 0 Å². The average Bonchev–Trinajstić information content (AvgIpc) is 3.93. The largest absolute Gasteiger partial charge is 0.456 e. The van der Waals surface area contributed by atoms with Gasteiger partial charge in [-0.3, -0.25) is 0 Å². The van der Waals surface area contributed by atoms with Crippen LogP contribution in [0.4, 0.5) is 17.1 Å². The molecule has 0 bridgehead atoms. The van der Waals surface area contributed by atoms with E-state index in [0.717, 1.165) is 66.9 Å². The Morgan fingerprint density at radius 1 is 0.308 bits per heavy atom. The fraction of sp³-hybridized carbons (Fsp3) is 0. The van der Waals surface area contributed by atoms with Crippen LogP contribution in [0, 0.1) is 0 Å². The van der Waals surface area contributed by atoms with Crippen molar-refractivity contribution in [3.63, 3.8) is 0 Å². The number of rotatable bonds is 7. The Labute approximate surface area is 376 Å². The van der Waals surface area contributed by atoms with Gasteiger partial charge in [0.2, 0.25) is 0 Å². The average molecular weight is 829 g/mol. The number of anilines is 3. The van der Waals surface area contributed by atoms with Gasteiger partial charge in [0.1, 0.15) is 11.2 Å². The van der Waals surface area contributed by atoms with Gasteiger partial charge in [-0.25, -0.2) is 0 Å². The van der Waals surface area contributed by atoms with Gasteiger partial charge in [-0.2, -0.15) is 0 Å². The van der Waals surface area contributed by atoms with Crippen LogP contribution < -0.4 is 4.90 Å². The first-order chi connectivity index (χ1) is 32.3. The van der Waals surface area contributed by atoms with Crippen molar-refractivity contribution < 1.29 is 4.42 Å². The second-order valence-electron chi connectivity index (χ2n) is 16.8. The van der Waals surface area contributed by atoms with Crippen molar-refractivity contribution in [1.29, 1.82) is 0 Å². The molecule has 0 aliphatic heterocycles. The third-order valence-corrected chi connectivity index (χ3v) is 13.2. The maximum Gasteiger partial charge on any atom is 0.136 e. The molecule has 0 fully saturated rings. The van der Waals surface area contributed by atoms with E-state index in [-0.39, 0.29) is 0 Å². The van der Waals surface area contributed by atoms with Crippen LogP contribution in [0.2, 0.25) is 0 Å². The molecular formula is C62H40N2O. The van der Waals surface area contributed by atoms with Crippen LogP contribution in [-0.4, -0.2) is 4.57 Å². The van der Waals surface area contributed by atoms with Gasteiger partial charge >= 0.3 is 0 Å². The van der Waals surface area contributed by atoms with Crippen molar-refractivity contribution in [2.24, 2.45) is 0 Å².